The van der Waals surface area contributed by atoms with E-state index >= 15 is 0 Å². The molecule has 0 saturated heterocycles. The van der Waals surface area contributed by atoms with Crippen LogP contribution in [-0.2, 0) is 6.42 Å². The Morgan fingerprint density at radius 1 is 1.21 bits per heavy atom. The second kappa shape index (κ2) is 6.74. The third-order valence-electron chi connectivity index (χ3n) is 4.12. The van der Waals surface area contributed by atoms with Gasteiger partial charge in [0.2, 0.25) is 0 Å². The Kier molecular flexibility index (Phi) is 5.26. The first kappa shape index (κ1) is 14.8. The summed E-state index contributed by atoms with van der Waals surface area (Å²) in [5, 5.41) is 4.58. The molecule has 2 rings (SSSR count). The largest absolute Gasteiger partial charge is 0.329 e. The van der Waals surface area contributed by atoms with Gasteiger partial charge >= 0.3 is 0 Å². The van der Waals surface area contributed by atoms with Gasteiger partial charge < -0.3 is 11.1 Å². The average molecular weight is 281 g/mol. The van der Waals surface area contributed by atoms with E-state index in [2.05, 4.69) is 24.4 Å². The minimum atomic E-state index is -0.0180. The lowest BCUT2D eigenvalue weighted by Gasteiger charge is -2.36. The molecule has 3 N–H and O–H groups in total. The Morgan fingerprint density at radius 3 is 2.42 bits per heavy atom. The topological polar surface area (TPSA) is 38.0 Å². The molecule has 1 aromatic carbocycles. The van der Waals surface area contributed by atoms with Crippen molar-refractivity contribution < 1.29 is 0 Å². The number of nitrogens with one attached hydrogen (secondary N) is 1. The molecule has 0 heterocycles. The minimum Gasteiger partial charge on any atom is -0.329 e. The standard InChI is InChI=1S/C16H25ClN2/c1-16(12-18,19-15-5-3-2-4-6-15)11-13-7-9-14(17)10-8-13/h7-10,15,19H,2-6,11-12,18H2,1H3. The van der Waals surface area contributed by atoms with Gasteiger partial charge in [0.25, 0.3) is 0 Å². The lowest BCUT2D eigenvalue weighted by molar-refractivity contribution is 0.266. The fraction of sp³-hybridized carbons (Fsp3) is 0.625. The number of rotatable bonds is 5. The van der Waals surface area contributed by atoms with Crippen LogP contribution in [0.4, 0.5) is 0 Å². The fourth-order valence-corrected chi connectivity index (χ4v) is 3.10. The molecule has 1 atom stereocenters. The zero-order valence-electron chi connectivity index (χ0n) is 11.8. The number of hydrogen-bond donors (Lipinski definition) is 2. The molecule has 0 aromatic heterocycles. The van der Waals surface area contributed by atoms with E-state index in [9.17, 15) is 0 Å². The van der Waals surface area contributed by atoms with E-state index in [1.807, 2.05) is 12.1 Å². The third-order valence-corrected chi connectivity index (χ3v) is 4.37. The van der Waals surface area contributed by atoms with Gasteiger partial charge in [-0.1, -0.05) is 43.0 Å². The molecule has 0 amide bonds. The SMILES string of the molecule is CC(CN)(Cc1ccc(Cl)cc1)NC1CCCCC1. The van der Waals surface area contributed by atoms with E-state index in [1.165, 1.54) is 37.7 Å². The molecule has 0 radical (unpaired) electrons. The Morgan fingerprint density at radius 2 is 1.84 bits per heavy atom. The third kappa shape index (κ3) is 4.48. The second-order valence-electron chi connectivity index (χ2n) is 6.05. The van der Waals surface area contributed by atoms with Crippen molar-refractivity contribution in [2.75, 3.05) is 6.54 Å². The van der Waals surface area contributed by atoms with Crippen molar-refractivity contribution in [1.29, 1.82) is 0 Å². The molecular weight excluding hydrogens is 256 g/mol. The highest BCUT2D eigenvalue weighted by molar-refractivity contribution is 6.30. The summed E-state index contributed by atoms with van der Waals surface area (Å²) in [7, 11) is 0. The van der Waals surface area contributed by atoms with Gasteiger partial charge in [0.05, 0.1) is 0 Å². The summed E-state index contributed by atoms with van der Waals surface area (Å²) in [5.41, 5.74) is 7.29. The van der Waals surface area contributed by atoms with Crippen LogP contribution < -0.4 is 11.1 Å². The zero-order chi connectivity index (χ0) is 13.7. The molecule has 1 fully saturated rings. The van der Waals surface area contributed by atoms with E-state index in [4.69, 9.17) is 17.3 Å². The summed E-state index contributed by atoms with van der Waals surface area (Å²) >= 11 is 5.93. The van der Waals surface area contributed by atoms with Gasteiger partial charge in [0.15, 0.2) is 0 Å². The van der Waals surface area contributed by atoms with Gasteiger partial charge in [0.1, 0.15) is 0 Å². The van der Waals surface area contributed by atoms with Gasteiger partial charge in [0, 0.05) is 23.1 Å². The summed E-state index contributed by atoms with van der Waals surface area (Å²) in [6.45, 7) is 2.89. The maximum absolute atomic E-state index is 6.01. The van der Waals surface area contributed by atoms with Crippen LogP contribution >= 0.6 is 11.6 Å². The van der Waals surface area contributed by atoms with Crippen LogP contribution in [0.2, 0.25) is 5.02 Å². The highest BCUT2D eigenvalue weighted by Crippen LogP contribution is 2.22. The fourth-order valence-electron chi connectivity index (χ4n) is 2.97. The first-order chi connectivity index (χ1) is 9.11. The average Bonchev–Trinajstić information content (AvgIpc) is 2.42. The normalized spacial score (nSPS) is 20.2. The molecule has 1 aliphatic rings. The Balaban J connectivity index is 1.98. The zero-order valence-corrected chi connectivity index (χ0v) is 12.5. The predicted molar refractivity (Wildman–Crippen MR) is 82.6 cm³/mol. The van der Waals surface area contributed by atoms with E-state index < -0.39 is 0 Å². The maximum atomic E-state index is 6.01. The van der Waals surface area contributed by atoms with Gasteiger partial charge in [-0.2, -0.15) is 0 Å². The summed E-state index contributed by atoms with van der Waals surface area (Å²) in [5.74, 6) is 0. The molecule has 1 aliphatic carbocycles. The lowest BCUT2D eigenvalue weighted by atomic mass is 9.88. The van der Waals surface area contributed by atoms with E-state index in [0.717, 1.165) is 11.4 Å². The smallest absolute Gasteiger partial charge is 0.0406 e. The second-order valence-corrected chi connectivity index (χ2v) is 6.48. The molecule has 0 spiro atoms. The molecule has 106 valence electrons. The highest BCUT2D eigenvalue weighted by Gasteiger charge is 2.27. The summed E-state index contributed by atoms with van der Waals surface area (Å²) in [4.78, 5) is 0. The molecule has 1 saturated carbocycles. The molecular formula is C16H25ClN2. The summed E-state index contributed by atoms with van der Waals surface area (Å²) in [6, 6.07) is 8.73. The van der Waals surface area contributed by atoms with Crippen LogP contribution in [0.3, 0.4) is 0 Å². The van der Waals surface area contributed by atoms with Crippen LogP contribution in [0.15, 0.2) is 24.3 Å². The lowest BCUT2D eigenvalue weighted by Crippen LogP contribution is -2.54. The predicted octanol–water partition coefficient (Wildman–Crippen LogP) is 3.52. The molecule has 19 heavy (non-hydrogen) atoms. The first-order valence-corrected chi connectivity index (χ1v) is 7.71. The van der Waals surface area contributed by atoms with Crippen LogP contribution in [0, 0.1) is 0 Å². The number of hydrogen-bond acceptors (Lipinski definition) is 2. The Bertz CT molecular complexity index is 384. The number of nitrogens with two attached hydrogens (primary N) is 1. The quantitative estimate of drug-likeness (QED) is 0.866. The van der Waals surface area contributed by atoms with Crippen molar-refractivity contribution >= 4 is 11.6 Å². The molecule has 1 aromatic rings. The number of benzene rings is 1. The van der Waals surface area contributed by atoms with E-state index in [1.54, 1.807) is 0 Å². The van der Waals surface area contributed by atoms with Crippen molar-refractivity contribution in [3.8, 4) is 0 Å². The monoisotopic (exact) mass is 280 g/mol. The number of halogens is 1. The molecule has 1 unspecified atom stereocenters. The molecule has 0 aliphatic heterocycles. The van der Waals surface area contributed by atoms with Crippen molar-refractivity contribution in [3.05, 3.63) is 34.9 Å². The van der Waals surface area contributed by atoms with Gasteiger partial charge in [-0.3, -0.25) is 0 Å². The van der Waals surface area contributed by atoms with Gasteiger partial charge in [-0.25, -0.2) is 0 Å². The molecule has 0 bridgehead atoms. The van der Waals surface area contributed by atoms with Crippen LogP contribution in [0.1, 0.15) is 44.6 Å². The van der Waals surface area contributed by atoms with E-state index in [-0.39, 0.29) is 5.54 Å². The minimum absolute atomic E-state index is 0.0180. The van der Waals surface area contributed by atoms with Gasteiger partial charge in [-0.15, -0.1) is 0 Å². The van der Waals surface area contributed by atoms with Crippen LogP contribution in [0.5, 0.6) is 0 Å². The molecule has 3 heteroatoms. The van der Waals surface area contributed by atoms with Crippen molar-refractivity contribution in [2.24, 2.45) is 5.73 Å². The van der Waals surface area contributed by atoms with Crippen molar-refractivity contribution in [1.82, 2.24) is 5.32 Å². The maximum Gasteiger partial charge on any atom is 0.0406 e. The van der Waals surface area contributed by atoms with Crippen LogP contribution in [-0.4, -0.2) is 18.1 Å². The summed E-state index contributed by atoms with van der Waals surface area (Å²) < 4.78 is 0. The molecule has 2 nitrogen and oxygen atoms in total. The Labute approximate surface area is 121 Å². The van der Waals surface area contributed by atoms with Gasteiger partial charge in [-0.05, 0) is 43.9 Å². The first-order valence-electron chi connectivity index (χ1n) is 7.33. The van der Waals surface area contributed by atoms with Crippen LogP contribution in [0.25, 0.3) is 0 Å². The highest BCUT2D eigenvalue weighted by atomic mass is 35.5. The van der Waals surface area contributed by atoms with Crippen molar-refractivity contribution in [3.63, 3.8) is 0 Å². The summed E-state index contributed by atoms with van der Waals surface area (Å²) in [6.07, 6.45) is 7.61. The van der Waals surface area contributed by atoms with Crippen molar-refractivity contribution in [2.45, 2.75) is 57.0 Å². The Hall–Kier alpha value is -0.570. The van der Waals surface area contributed by atoms with E-state index in [0.29, 0.717) is 12.6 Å².